The maximum Gasteiger partial charge on any atom is 0.263 e. The topological polar surface area (TPSA) is 49.4 Å². The van der Waals surface area contributed by atoms with Gasteiger partial charge in [0, 0.05) is 25.0 Å². The number of likely N-dealkylation sites (tertiary alicyclic amines) is 1. The Balaban J connectivity index is 1.73. The quantitative estimate of drug-likeness (QED) is 0.772. The first-order valence-corrected chi connectivity index (χ1v) is 9.63. The van der Waals surface area contributed by atoms with Gasteiger partial charge in [-0.05, 0) is 37.6 Å². The Morgan fingerprint density at radius 1 is 1.35 bits per heavy atom. The van der Waals surface area contributed by atoms with Crippen molar-refractivity contribution in [3.8, 4) is 0 Å². The number of nitrogens with one attached hydrogen (secondary N) is 1. The molecule has 5 heteroatoms. The second-order valence-corrected chi connectivity index (χ2v) is 7.40. The van der Waals surface area contributed by atoms with E-state index in [0.717, 1.165) is 24.1 Å². The molecule has 1 atom stereocenters. The van der Waals surface area contributed by atoms with E-state index in [-0.39, 0.29) is 23.8 Å². The van der Waals surface area contributed by atoms with Crippen molar-refractivity contribution in [3.05, 3.63) is 22.4 Å². The summed E-state index contributed by atoms with van der Waals surface area (Å²) in [6.07, 6.45) is 6.19. The van der Waals surface area contributed by atoms with Gasteiger partial charge in [0.05, 0.1) is 4.88 Å². The van der Waals surface area contributed by atoms with Gasteiger partial charge in [-0.1, -0.05) is 32.3 Å². The minimum atomic E-state index is 0.0519. The first kappa shape index (κ1) is 18.0. The number of carbonyl (C=O) groups excluding carboxylic acids is 2. The molecule has 1 aliphatic heterocycles. The van der Waals surface area contributed by atoms with Crippen LogP contribution in [0.3, 0.4) is 0 Å². The second-order valence-electron chi connectivity index (χ2n) is 6.45. The largest absolute Gasteiger partial charge is 0.353 e. The van der Waals surface area contributed by atoms with Gasteiger partial charge in [-0.25, -0.2) is 0 Å². The molecule has 1 saturated heterocycles. The molecule has 1 aromatic heterocycles. The standard InChI is InChI=1S/C18H28N2O2S/c1-3-4-5-7-14(2)19-17(21)15-9-11-20(12-10-15)18(22)16-8-6-13-23-16/h6,8,13-15H,3-5,7,9-12H2,1-2H3,(H,19,21). The molecule has 0 aromatic carbocycles. The van der Waals surface area contributed by atoms with Crippen molar-refractivity contribution < 1.29 is 9.59 Å². The zero-order chi connectivity index (χ0) is 16.7. The van der Waals surface area contributed by atoms with Crippen molar-refractivity contribution in [1.29, 1.82) is 0 Å². The number of unbranched alkanes of at least 4 members (excludes halogenated alkanes) is 2. The van der Waals surface area contributed by atoms with Gasteiger partial charge in [-0.2, -0.15) is 0 Å². The molecular formula is C18H28N2O2S. The Labute approximate surface area is 143 Å². The number of carbonyl (C=O) groups is 2. The van der Waals surface area contributed by atoms with E-state index in [1.54, 1.807) is 0 Å². The molecular weight excluding hydrogens is 308 g/mol. The van der Waals surface area contributed by atoms with Crippen molar-refractivity contribution in [1.82, 2.24) is 10.2 Å². The van der Waals surface area contributed by atoms with E-state index in [2.05, 4.69) is 19.2 Å². The van der Waals surface area contributed by atoms with Gasteiger partial charge in [0.15, 0.2) is 0 Å². The highest BCUT2D eigenvalue weighted by Crippen LogP contribution is 2.21. The van der Waals surface area contributed by atoms with Crippen LogP contribution in [0.5, 0.6) is 0 Å². The number of amides is 2. The average Bonchev–Trinajstić information content (AvgIpc) is 3.09. The number of piperidine rings is 1. The average molecular weight is 337 g/mol. The molecule has 1 unspecified atom stereocenters. The van der Waals surface area contributed by atoms with E-state index < -0.39 is 0 Å². The summed E-state index contributed by atoms with van der Waals surface area (Å²) in [7, 11) is 0. The van der Waals surface area contributed by atoms with Crippen LogP contribution in [0.1, 0.15) is 62.0 Å². The van der Waals surface area contributed by atoms with Crippen molar-refractivity contribution in [2.24, 2.45) is 5.92 Å². The zero-order valence-electron chi connectivity index (χ0n) is 14.2. The van der Waals surface area contributed by atoms with E-state index in [1.807, 2.05) is 22.4 Å². The van der Waals surface area contributed by atoms with Crippen molar-refractivity contribution in [3.63, 3.8) is 0 Å². The lowest BCUT2D eigenvalue weighted by molar-refractivity contribution is -0.126. The van der Waals surface area contributed by atoms with Crippen LogP contribution < -0.4 is 5.32 Å². The fourth-order valence-electron chi connectivity index (χ4n) is 3.03. The van der Waals surface area contributed by atoms with Crippen LogP contribution in [-0.4, -0.2) is 35.8 Å². The molecule has 2 heterocycles. The lowest BCUT2D eigenvalue weighted by Crippen LogP contribution is -2.44. The van der Waals surface area contributed by atoms with E-state index >= 15 is 0 Å². The molecule has 0 spiro atoms. The molecule has 0 radical (unpaired) electrons. The highest BCUT2D eigenvalue weighted by Gasteiger charge is 2.28. The summed E-state index contributed by atoms with van der Waals surface area (Å²) in [5, 5.41) is 5.06. The number of hydrogen-bond donors (Lipinski definition) is 1. The van der Waals surface area contributed by atoms with Crippen LogP contribution >= 0.6 is 11.3 Å². The van der Waals surface area contributed by atoms with Crippen molar-refractivity contribution >= 4 is 23.2 Å². The number of rotatable bonds is 7. The van der Waals surface area contributed by atoms with E-state index in [4.69, 9.17) is 0 Å². The van der Waals surface area contributed by atoms with Crippen LogP contribution in [0.25, 0.3) is 0 Å². The summed E-state index contributed by atoms with van der Waals surface area (Å²) in [5.41, 5.74) is 0. The molecule has 1 aromatic rings. The third-order valence-electron chi connectivity index (χ3n) is 4.51. The SMILES string of the molecule is CCCCCC(C)NC(=O)C1CCN(C(=O)c2cccs2)CC1. The van der Waals surface area contributed by atoms with Crippen LogP contribution in [0.15, 0.2) is 17.5 Å². The first-order chi connectivity index (χ1) is 11.1. The minimum Gasteiger partial charge on any atom is -0.353 e. The Bertz CT molecular complexity index is 493. The molecule has 2 amide bonds. The summed E-state index contributed by atoms with van der Waals surface area (Å²) in [5.74, 6) is 0.319. The van der Waals surface area contributed by atoms with E-state index in [0.29, 0.717) is 13.1 Å². The summed E-state index contributed by atoms with van der Waals surface area (Å²) in [6.45, 7) is 5.63. The molecule has 2 rings (SSSR count). The fourth-order valence-corrected chi connectivity index (χ4v) is 3.73. The third-order valence-corrected chi connectivity index (χ3v) is 5.37. The summed E-state index contributed by atoms with van der Waals surface area (Å²) >= 11 is 1.48. The molecule has 0 aliphatic carbocycles. The summed E-state index contributed by atoms with van der Waals surface area (Å²) < 4.78 is 0. The molecule has 1 aliphatic rings. The Morgan fingerprint density at radius 3 is 2.70 bits per heavy atom. The van der Waals surface area contributed by atoms with Gasteiger partial charge in [0.1, 0.15) is 0 Å². The lowest BCUT2D eigenvalue weighted by Gasteiger charge is -2.31. The molecule has 1 N–H and O–H groups in total. The minimum absolute atomic E-state index is 0.0519. The molecule has 23 heavy (non-hydrogen) atoms. The smallest absolute Gasteiger partial charge is 0.263 e. The molecule has 0 saturated carbocycles. The Kier molecular flexibility index (Phi) is 7.09. The molecule has 4 nitrogen and oxygen atoms in total. The van der Waals surface area contributed by atoms with Crippen molar-refractivity contribution in [2.75, 3.05) is 13.1 Å². The predicted molar refractivity (Wildman–Crippen MR) is 94.7 cm³/mol. The molecule has 0 bridgehead atoms. The third kappa shape index (κ3) is 5.34. The number of thiophene rings is 1. The molecule has 1 fully saturated rings. The fraction of sp³-hybridized carbons (Fsp3) is 0.667. The summed E-state index contributed by atoms with van der Waals surface area (Å²) in [6, 6.07) is 4.02. The Morgan fingerprint density at radius 2 is 2.09 bits per heavy atom. The van der Waals surface area contributed by atoms with Crippen LogP contribution in [0.4, 0.5) is 0 Å². The van der Waals surface area contributed by atoms with Crippen LogP contribution in [-0.2, 0) is 4.79 Å². The lowest BCUT2D eigenvalue weighted by atomic mass is 9.95. The number of hydrogen-bond acceptors (Lipinski definition) is 3. The van der Waals surface area contributed by atoms with Crippen LogP contribution in [0, 0.1) is 5.92 Å². The van der Waals surface area contributed by atoms with Crippen molar-refractivity contribution in [2.45, 2.75) is 58.4 Å². The van der Waals surface area contributed by atoms with Gasteiger partial charge >= 0.3 is 0 Å². The van der Waals surface area contributed by atoms with Gasteiger partial charge < -0.3 is 10.2 Å². The summed E-state index contributed by atoms with van der Waals surface area (Å²) in [4.78, 5) is 27.3. The van der Waals surface area contributed by atoms with Gasteiger partial charge in [-0.3, -0.25) is 9.59 Å². The van der Waals surface area contributed by atoms with E-state index in [1.165, 1.54) is 30.6 Å². The predicted octanol–water partition coefficient (Wildman–Crippen LogP) is 3.69. The van der Waals surface area contributed by atoms with E-state index in [9.17, 15) is 9.59 Å². The van der Waals surface area contributed by atoms with Gasteiger partial charge in [0.2, 0.25) is 5.91 Å². The molecule has 128 valence electrons. The number of nitrogens with zero attached hydrogens (tertiary/aromatic N) is 1. The second kappa shape index (κ2) is 9.06. The first-order valence-electron chi connectivity index (χ1n) is 8.75. The highest BCUT2D eigenvalue weighted by molar-refractivity contribution is 7.12. The monoisotopic (exact) mass is 336 g/mol. The Hall–Kier alpha value is -1.36. The maximum atomic E-state index is 12.3. The zero-order valence-corrected chi connectivity index (χ0v) is 15.0. The highest BCUT2D eigenvalue weighted by atomic mass is 32.1. The maximum absolute atomic E-state index is 12.3. The van der Waals surface area contributed by atoms with Gasteiger partial charge in [-0.15, -0.1) is 11.3 Å². The van der Waals surface area contributed by atoms with Crippen LogP contribution in [0.2, 0.25) is 0 Å². The van der Waals surface area contributed by atoms with Gasteiger partial charge in [0.25, 0.3) is 5.91 Å². The normalized spacial score (nSPS) is 17.0.